The van der Waals surface area contributed by atoms with E-state index < -0.39 is 0 Å². The van der Waals surface area contributed by atoms with E-state index >= 15 is 0 Å². The van der Waals surface area contributed by atoms with Gasteiger partial charge in [-0.05, 0) is 30.2 Å². The average Bonchev–Trinajstić information content (AvgIpc) is 2.15. The molecule has 0 radical (unpaired) electrons. The Morgan fingerprint density at radius 1 is 1.50 bits per heavy atom. The molecule has 4 heteroatoms. The van der Waals surface area contributed by atoms with Crippen LogP contribution in [-0.2, 0) is 6.42 Å². The number of likely N-dealkylation sites (N-methyl/N-ethyl adjacent to an activating group) is 1. The number of methoxy groups -OCH3 is 1. The van der Waals surface area contributed by atoms with Crippen LogP contribution >= 0.6 is 0 Å². The summed E-state index contributed by atoms with van der Waals surface area (Å²) >= 11 is 0. The standard InChI is InChI=1S/C10H15FN2O/c1-13(12)6-5-8-7-9(11)3-4-10(8)14-2/h3-4,7H,5-6,12H2,1-2H3. The van der Waals surface area contributed by atoms with Gasteiger partial charge in [-0.15, -0.1) is 0 Å². The summed E-state index contributed by atoms with van der Waals surface area (Å²) in [5.74, 6) is 5.92. The summed E-state index contributed by atoms with van der Waals surface area (Å²) in [5, 5.41) is 1.56. The zero-order chi connectivity index (χ0) is 10.6. The Morgan fingerprint density at radius 2 is 2.21 bits per heavy atom. The highest BCUT2D eigenvalue weighted by atomic mass is 19.1. The second-order valence-electron chi connectivity index (χ2n) is 3.19. The Balaban J connectivity index is 2.77. The predicted octanol–water partition coefficient (Wildman–Crippen LogP) is 1.18. The van der Waals surface area contributed by atoms with Crippen molar-refractivity contribution in [3.8, 4) is 5.75 Å². The van der Waals surface area contributed by atoms with Crippen LogP contribution in [0.1, 0.15) is 5.56 Å². The highest BCUT2D eigenvalue weighted by Crippen LogP contribution is 2.19. The second-order valence-corrected chi connectivity index (χ2v) is 3.19. The van der Waals surface area contributed by atoms with Gasteiger partial charge >= 0.3 is 0 Å². The molecule has 0 aromatic heterocycles. The Kier molecular flexibility index (Phi) is 3.85. The smallest absolute Gasteiger partial charge is 0.123 e. The van der Waals surface area contributed by atoms with Crippen molar-refractivity contribution in [3.05, 3.63) is 29.6 Å². The fourth-order valence-corrected chi connectivity index (χ4v) is 1.24. The third-order valence-corrected chi connectivity index (χ3v) is 1.98. The van der Waals surface area contributed by atoms with Crippen LogP contribution in [-0.4, -0.2) is 25.7 Å². The first kappa shape index (κ1) is 10.9. The molecule has 2 N–H and O–H groups in total. The molecule has 3 nitrogen and oxygen atoms in total. The highest BCUT2D eigenvalue weighted by Gasteiger charge is 2.04. The first-order valence-corrected chi connectivity index (χ1v) is 4.41. The minimum Gasteiger partial charge on any atom is -0.496 e. The van der Waals surface area contributed by atoms with Crippen molar-refractivity contribution >= 4 is 0 Å². The van der Waals surface area contributed by atoms with Crippen LogP contribution in [0.5, 0.6) is 5.75 Å². The Bertz CT molecular complexity index is 302. The van der Waals surface area contributed by atoms with E-state index in [1.165, 1.54) is 12.1 Å². The molecule has 1 aromatic rings. The van der Waals surface area contributed by atoms with Crippen LogP contribution in [0.2, 0.25) is 0 Å². The molecule has 0 bridgehead atoms. The van der Waals surface area contributed by atoms with E-state index in [0.29, 0.717) is 18.7 Å². The number of rotatable bonds is 4. The fourth-order valence-electron chi connectivity index (χ4n) is 1.24. The van der Waals surface area contributed by atoms with Crippen molar-refractivity contribution in [1.29, 1.82) is 0 Å². The number of ether oxygens (including phenoxy) is 1. The van der Waals surface area contributed by atoms with Gasteiger partial charge in [0.2, 0.25) is 0 Å². The Hall–Kier alpha value is -1.13. The first-order valence-electron chi connectivity index (χ1n) is 4.41. The molecular formula is C10H15FN2O. The summed E-state index contributed by atoms with van der Waals surface area (Å²) in [6.45, 7) is 0.666. The molecule has 0 unspecified atom stereocenters. The molecule has 0 spiro atoms. The van der Waals surface area contributed by atoms with Crippen LogP contribution < -0.4 is 10.6 Å². The molecule has 0 amide bonds. The molecule has 0 aliphatic heterocycles. The summed E-state index contributed by atoms with van der Waals surface area (Å²) in [7, 11) is 3.34. The van der Waals surface area contributed by atoms with Crippen LogP contribution in [0.3, 0.4) is 0 Å². The third kappa shape index (κ3) is 2.97. The van der Waals surface area contributed by atoms with Crippen molar-refractivity contribution in [2.75, 3.05) is 20.7 Å². The molecule has 0 heterocycles. The molecule has 0 aliphatic rings. The maximum absolute atomic E-state index is 12.9. The van der Waals surface area contributed by atoms with Gasteiger partial charge in [-0.25, -0.2) is 9.40 Å². The molecule has 0 fully saturated rings. The lowest BCUT2D eigenvalue weighted by atomic mass is 10.1. The van der Waals surface area contributed by atoms with E-state index in [4.69, 9.17) is 10.6 Å². The second kappa shape index (κ2) is 4.93. The number of hydrogen-bond donors (Lipinski definition) is 1. The van der Waals surface area contributed by atoms with E-state index in [9.17, 15) is 4.39 Å². The summed E-state index contributed by atoms with van der Waals surface area (Å²) in [5.41, 5.74) is 0.838. The molecule has 78 valence electrons. The number of benzene rings is 1. The zero-order valence-corrected chi connectivity index (χ0v) is 8.46. The van der Waals surface area contributed by atoms with Gasteiger partial charge in [0.25, 0.3) is 0 Å². The third-order valence-electron chi connectivity index (χ3n) is 1.98. The van der Waals surface area contributed by atoms with Crippen molar-refractivity contribution in [3.63, 3.8) is 0 Å². The summed E-state index contributed by atoms with van der Waals surface area (Å²) in [6, 6.07) is 4.48. The van der Waals surface area contributed by atoms with Crippen molar-refractivity contribution in [2.24, 2.45) is 5.84 Å². The molecule has 0 saturated carbocycles. The Morgan fingerprint density at radius 3 is 2.79 bits per heavy atom. The van der Waals surface area contributed by atoms with Gasteiger partial charge in [-0.3, -0.25) is 5.84 Å². The Labute approximate surface area is 83.2 Å². The quantitative estimate of drug-likeness (QED) is 0.583. The van der Waals surface area contributed by atoms with Gasteiger partial charge in [0.1, 0.15) is 11.6 Å². The van der Waals surface area contributed by atoms with Gasteiger partial charge in [0, 0.05) is 13.6 Å². The van der Waals surface area contributed by atoms with E-state index in [-0.39, 0.29) is 5.82 Å². The summed E-state index contributed by atoms with van der Waals surface area (Å²) in [6.07, 6.45) is 0.675. The van der Waals surface area contributed by atoms with Crippen LogP contribution in [0, 0.1) is 5.82 Å². The molecule has 1 rings (SSSR count). The van der Waals surface area contributed by atoms with Gasteiger partial charge in [0.15, 0.2) is 0 Å². The predicted molar refractivity (Wildman–Crippen MR) is 53.5 cm³/mol. The molecular weight excluding hydrogens is 183 g/mol. The van der Waals surface area contributed by atoms with Crippen molar-refractivity contribution in [2.45, 2.75) is 6.42 Å². The molecule has 0 aliphatic carbocycles. The van der Waals surface area contributed by atoms with E-state index in [1.807, 2.05) is 0 Å². The monoisotopic (exact) mass is 198 g/mol. The number of hydrazine groups is 1. The number of hydrogen-bond acceptors (Lipinski definition) is 3. The summed E-state index contributed by atoms with van der Waals surface area (Å²) in [4.78, 5) is 0. The minimum absolute atomic E-state index is 0.250. The van der Waals surface area contributed by atoms with Gasteiger partial charge in [0.05, 0.1) is 7.11 Å². The molecule has 14 heavy (non-hydrogen) atoms. The average molecular weight is 198 g/mol. The van der Waals surface area contributed by atoms with Crippen LogP contribution in [0.25, 0.3) is 0 Å². The van der Waals surface area contributed by atoms with Gasteiger partial charge < -0.3 is 4.74 Å². The molecule has 1 aromatic carbocycles. The lowest BCUT2D eigenvalue weighted by molar-refractivity contribution is 0.348. The number of nitrogens with zero attached hydrogens (tertiary/aromatic N) is 1. The van der Waals surface area contributed by atoms with E-state index in [2.05, 4.69) is 0 Å². The largest absolute Gasteiger partial charge is 0.496 e. The molecule has 0 atom stereocenters. The lowest BCUT2D eigenvalue weighted by Crippen LogP contribution is -2.28. The van der Waals surface area contributed by atoms with E-state index in [1.54, 1.807) is 25.2 Å². The molecule has 0 saturated heterocycles. The van der Waals surface area contributed by atoms with E-state index in [0.717, 1.165) is 5.56 Å². The van der Waals surface area contributed by atoms with Gasteiger partial charge in [-0.1, -0.05) is 0 Å². The fraction of sp³-hybridized carbons (Fsp3) is 0.400. The maximum Gasteiger partial charge on any atom is 0.123 e. The zero-order valence-electron chi connectivity index (χ0n) is 8.46. The summed E-state index contributed by atoms with van der Waals surface area (Å²) < 4.78 is 18.0. The minimum atomic E-state index is -0.250. The topological polar surface area (TPSA) is 38.5 Å². The SMILES string of the molecule is COc1ccc(F)cc1CCN(C)N. The van der Waals surface area contributed by atoms with Crippen molar-refractivity contribution < 1.29 is 9.13 Å². The number of nitrogens with two attached hydrogens (primary N) is 1. The van der Waals surface area contributed by atoms with Gasteiger partial charge in [-0.2, -0.15) is 0 Å². The van der Waals surface area contributed by atoms with Crippen LogP contribution in [0.4, 0.5) is 4.39 Å². The maximum atomic E-state index is 12.9. The number of halogens is 1. The van der Waals surface area contributed by atoms with Crippen LogP contribution in [0.15, 0.2) is 18.2 Å². The lowest BCUT2D eigenvalue weighted by Gasteiger charge is -2.11. The van der Waals surface area contributed by atoms with Crippen molar-refractivity contribution in [1.82, 2.24) is 5.01 Å². The highest BCUT2D eigenvalue weighted by molar-refractivity contribution is 5.34. The normalized spacial score (nSPS) is 10.6. The first-order chi connectivity index (χ1) is 6.63.